The molecule has 4 rings (SSSR count). The first-order valence-corrected chi connectivity index (χ1v) is 12.1. The van der Waals surface area contributed by atoms with Crippen molar-refractivity contribution >= 4 is 34.9 Å². The van der Waals surface area contributed by atoms with Crippen LogP contribution < -0.4 is 5.32 Å². The Morgan fingerprint density at radius 3 is 2.69 bits per heavy atom. The van der Waals surface area contributed by atoms with Gasteiger partial charge in [-0.1, -0.05) is 35.9 Å². The maximum absolute atomic E-state index is 13.3. The number of nitrogens with one attached hydrogen (secondary N) is 1. The number of aromatic nitrogens is 1. The predicted octanol–water partition coefficient (Wildman–Crippen LogP) is 6.49. The number of hydrogen-bond acceptors (Lipinski definition) is 4. The smallest absolute Gasteiger partial charge is 0.417 e. The van der Waals surface area contributed by atoms with Gasteiger partial charge in [0, 0.05) is 17.6 Å². The summed E-state index contributed by atoms with van der Waals surface area (Å²) in [6, 6.07) is 10.4. The van der Waals surface area contributed by atoms with Crippen LogP contribution in [0.15, 0.2) is 54.0 Å². The van der Waals surface area contributed by atoms with Crippen molar-refractivity contribution in [1.29, 1.82) is 0 Å². The minimum absolute atomic E-state index is 0.291. The molecular formula is C24H21ClF3N3O3S. The third-order valence-corrected chi connectivity index (χ3v) is 7.23. The SMILES string of the molecule is O=C(N[C@@H](c1cccc(-c2cccs2)c1)[C@@H]1CCCCN1C(=O)O)c1nccc(C(F)(F)F)c1Cl. The van der Waals surface area contributed by atoms with E-state index in [1.807, 2.05) is 29.6 Å². The first-order valence-electron chi connectivity index (χ1n) is 10.8. The summed E-state index contributed by atoms with van der Waals surface area (Å²) in [5, 5.41) is 13.7. The summed E-state index contributed by atoms with van der Waals surface area (Å²) < 4.78 is 39.9. The van der Waals surface area contributed by atoms with Crippen molar-refractivity contribution in [3.05, 3.63) is 75.9 Å². The van der Waals surface area contributed by atoms with Gasteiger partial charge < -0.3 is 15.3 Å². The summed E-state index contributed by atoms with van der Waals surface area (Å²) >= 11 is 7.46. The molecule has 1 aliphatic heterocycles. The molecule has 35 heavy (non-hydrogen) atoms. The molecule has 2 amide bonds. The number of thiophene rings is 1. The lowest BCUT2D eigenvalue weighted by Gasteiger charge is -2.39. The van der Waals surface area contributed by atoms with Crippen LogP contribution in [-0.4, -0.2) is 39.6 Å². The Balaban J connectivity index is 1.74. The van der Waals surface area contributed by atoms with E-state index in [1.165, 1.54) is 16.2 Å². The Hall–Kier alpha value is -3.11. The van der Waals surface area contributed by atoms with Gasteiger partial charge >= 0.3 is 12.3 Å². The molecule has 184 valence electrons. The second-order valence-corrected chi connectivity index (χ2v) is 9.44. The van der Waals surface area contributed by atoms with Gasteiger partial charge in [0.25, 0.3) is 5.91 Å². The number of carbonyl (C=O) groups excluding carboxylic acids is 1. The number of amides is 2. The highest BCUT2D eigenvalue weighted by Crippen LogP contribution is 2.36. The highest BCUT2D eigenvalue weighted by atomic mass is 35.5. The largest absolute Gasteiger partial charge is 0.465 e. The zero-order valence-electron chi connectivity index (χ0n) is 18.3. The number of pyridine rings is 1. The summed E-state index contributed by atoms with van der Waals surface area (Å²) in [5.74, 6) is -0.913. The normalized spacial score (nSPS) is 17.1. The maximum atomic E-state index is 13.3. The van der Waals surface area contributed by atoms with Gasteiger partial charge in [-0.05, 0) is 54.0 Å². The number of rotatable bonds is 5. The van der Waals surface area contributed by atoms with Gasteiger partial charge in [-0.25, -0.2) is 9.78 Å². The molecule has 3 heterocycles. The average molecular weight is 524 g/mol. The van der Waals surface area contributed by atoms with Gasteiger partial charge in [0.15, 0.2) is 0 Å². The van der Waals surface area contributed by atoms with E-state index in [0.29, 0.717) is 31.0 Å². The van der Waals surface area contributed by atoms with Crippen LogP contribution in [0.1, 0.15) is 46.9 Å². The van der Waals surface area contributed by atoms with Gasteiger partial charge in [0.2, 0.25) is 0 Å². The summed E-state index contributed by atoms with van der Waals surface area (Å²) in [4.78, 5) is 31.2. The van der Waals surface area contributed by atoms with Crippen LogP contribution >= 0.6 is 22.9 Å². The molecule has 3 aromatic rings. The first-order chi connectivity index (χ1) is 16.7. The zero-order chi connectivity index (χ0) is 25.2. The third kappa shape index (κ3) is 5.43. The van der Waals surface area contributed by atoms with Crippen LogP contribution in [0, 0.1) is 0 Å². The molecule has 0 unspecified atom stereocenters. The van der Waals surface area contributed by atoms with Crippen molar-refractivity contribution in [1.82, 2.24) is 15.2 Å². The number of carboxylic acid groups (broad SMARTS) is 1. The Bertz CT molecular complexity index is 1220. The Labute approximate surface area is 208 Å². The van der Waals surface area contributed by atoms with E-state index in [1.54, 1.807) is 12.1 Å². The molecule has 1 aromatic carbocycles. The Kier molecular flexibility index (Phi) is 7.32. The van der Waals surface area contributed by atoms with E-state index in [2.05, 4.69) is 10.3 Å². The molecule has 2 atom stereocenters. The fourth-order valence-electron chi connectivity index (χ4n) is 4.30. The summed E-state index contributed by atoms with van der Waals surface area (Å²) in [6.45, 7) is 0.291. The van der Waals surface area contributed by atoms with Crippen molar-refractivity contribution in [3.63, 3.8) is 0 Å². The molecule has 2 aromatic heterocycles. The fourth-order valence-corrected chi connectivity index (χ4v) is 5.33. The van der Waals surface area contributed by atoms with Crippen LogP contribution in [0.3, 0.4) is 0 Å². The van der Waals surface area contributed by atoms with Gasteiger partial charge in [-0.2, -0.15) is 13.2 Å². The number of piperidine rings is 1. The van der Waals surface area contributed by atoms with Crippen LogP contribution in [-0.2, 0) is 6.18 Å². The van der Waals surface area contributed by atoms with E-state index in [-0.39, 0.29) is 0 Å². The molecule has 0 spiro atoms. The molecule has 0 aliphatic carbocycles. The highest BCUT2D eigenvalue weighted by molar-refractivity contribution is 7.13. The molecule has 1 saturated heterocycles. The number of halogens is 4. The zero-order valence-corrected chi connectivity index (χ0v) is 19.8. The van der Waals surface area contributed by atoms with Crippen LogP contribution in [0.2, 0.25) is 5.02 Å². The molecule has 2 N–H and O–H groups in total. The Morgan fingerprint density at radius 1 is 1.20 bits per heavy atom. The molecule has 1 aliphatic rings. The lowest BCUT2D eigenvalue weighted by molar-refractivity contribution is -0.137. The minimum Gasteiger partial charge on any atom is -0.465 e. The topological polar surface area (TPSA) is 82.5 Å². The second kappa shape index (κ2) is 10.2. The number of alkyl halides is 3. The molecular weight excluding hydrogens is 503 g/mol. The van der Waals surface area contributed by atoms with Crippen molar-refractivity contribution in [2.45, 2.75) is 37.5 Å². The highest BCUT2D eigenvalue weighted by Gasteiger charge is 2.38. The van der Waals surface area contributed by atoms with E-state index < -0.39 is 46.5 Å². The lowest BCUT2D eigenvalue weighted by Crippen LogP contribution is -2.50. The first kappa shape index (κ1) is 25.0. The van der Waals surface area contributed by atoms with E-state index in [4.69, 9.17) is 11.6 Å². The summed E-state index contributed by atoms with van der Waals surface area (Å²) in [5.41, 5.74) is -0.228. The van der Waals surface area contributed by atoms with Crippen molar-refractivity contribution in [2.75, 3.05) is 6.54 Å². The van der Waals surface area contributed by atoms with Gasteiger partial charge in [-0.15, -0.1) is 11.3 Å². The number of carbonyl (C=O) groups is 2. The average Bonchev–Trinajstić information content (AvgIpc) is 3.37. The number of nitrogens with zero attached hydrogens (tertiary/aromatic N) is 2. The molecule has 6 nitrogen and oxygen atoms in total. The van der Waals surface area contributed by atoms with Crippen molar-refractivity contribution in [2.24, 2.45) is 0 Å². The van der Waals surface area contributed by atoms with E-state index in [0.717, 1.165) is 23.1 Å². The van der Waals surface area contributed by atoms with Crippen LogP contribution in [0.5, 0.6) is 0 Å². The number of hydrogen-bond donors (Lipinski definition) is 2. The fraction of sp³-hybridized carbons (Fsp3) is 0.292. The summed E-state index contributed by atoms with van der Waals surface area (Å²) in [6.07, 6.45) is -3.11. The molecule has 1 fully saturated rings. The number of likely N-dealkylation sites (tertiary alicyclic amines) is 1. The molecule has 0 saturated carbocycles. The molecule has 0 bridgehead atoms. The molecule has 11 heteroatoms. The van der Waals surface area contributed by atoms with Crippen LogP contribution in [0.25, 0.3) is 10.4 Å². The lowest BCUT2D eigenvalue weighted by atomic mass is 9.90. The van der Waals surface area contributed by atoms with Crippen LogP contribution in [0.4, 0.5) is 18.0 Å². The number of benzene rings is 1. The van der Waals surface area contributed by atoms with E-state index in [9.17, 15) is 27.9 Å². The monoisotopic (exact) mass is 523 g/mol. The summed E-state index contributed by atoms with van der Waals surface area (Å²) in [7, 11) is 0. The van der Waals surface area contributed by atoms with E-state index >= 15 is 0 Å². The Morgan fingerprint density at radius 2 is 2.00 bits per heavy atom. The van der Waals surface area contributed by atoms with Crippen molar-refractivity contribution in [3.8, 4) is 10.4 Å². The van der Waals surface area contributed by atoms with Gasteiger partial charge in [0.1, 0.15) is 5.69 Å². The third-order valence-electron chi connectivity index (χ3n) is 5.93. The van der Waals surface area contributed by atoms with Crippen molar-refractivity contribution < 1.29 is 27.9 Å². The second-order valence-electron chi connectivity index (χ2n) is 8.11. The quantitative estimate of drug-likeness (QED) is 0.400. The maximum Gasteiger partial charge on any atom is 0.417 e. The predicted molar refractivity (Wildman–Crippen MR) is 127 cm³/mol. The molecule has 0 radical (unpaired) electrons. The standard InChI is InChI=1S/C24H21ClF3N3O3S/c25-19-16(24(26,27)28)9-10-29-21(19)22(32)30-20(17-7-1-2-11-31(17)23(33)34)15-6-3-5-14(13-15)18-8-4-12-35-18/h3-6,8-10,12-13,17,20H,1-2,7,11H2,(H,30,32)(H,33,34)/t17-,20-/m0/s1. The van der Waals surface area contributed by atoms with Gasteiger partial charge in [0.05, 0.1) is 22.7 Å². The van der Waals surface area contributed by atoms with Gasteiger partial charge in [-0.3, -0.25) is 4.79 Å². The minimum atomic E-state index is -4.76.